The molecule has 1 spiro atoms. The van der Waals surface area contributed by atoms with Crippen molar-refractivity contribution in [3.05, 3.63) is 47.9 Å². The molecule has 8 nitrogen and oxygen atoms in total. The highest BCUT2D eigenvalue weighted by Gasteiger charge is 2.39. The van der Waals surface area contributed by atoms with E-state index in [-0.39, 0.29) is 5.69 Å². The minimum atomic E-state index is -4.64. The summed E-state index contributed by atoms with van der Waals surface area (Å²) in [5.41, 5.74) is 0.230. The third-order valence-corrected chi connectivity index (χ3v) is 10.2. The highest BCUT2D eigenvalue weighted by molar-refractivity contribution is 6.05. The van der Waals surface area contributed by atoms with Gasteiger partial charge in [0.15, 0.2) is 0 Å². The number of aromatic nitrogens is 3. The van der Waals surface area contributed by atoms with Crippen LogP contribution in [0.3, 0.4) is 0 Å². The molecule has 3 aliphatic rings. The van der Waals surface area contributed by atoms with Crippen LogP contribution in [0.5, 0.6) is 5.75 Å². The van der Waals surface area contributed by atoms with Crippen molar-refractivity contribution >= 4 is 22.5 Å². The van der Waals surface area contributed by atoms with Crippen LogP contribution in [0, 0.1) is 5.41 Å². The van der Waals surface area contributed by atoms with Crippen LogP contribution in [0.1, 0.15) is 86.4 Å². The van der Waals surface area contributed by atoms with Gasteiger partial charge in [-0.15, -0.1) is 0 Å². The van der Waals surface area contributed by atoms with Gasteiger partial charge in [0.25, 0.3) is 5.91 Å². The van der Waals surface area contributed by atoms with Gasteiger partial charge in [-0.05, 0) is 108 Å². The molecule has 0 bridgehead atoms. The van der Waals surface area contributed by atoms with E-state index < -0.39 is 17.8 Å². The van der Waals surface area contributed by atoms with Gasteiger partial charge < -0.3 is 20.3 Å². The lowest BCUT2D eigenvalue weighted by molar-refractivity contribution is -0.141. The predicted molar refractivity (Wildman–Crippen MR) is 159 cm³/mol. The summed E-state index contributed by atoms with van der Waals surface area (Å²) in [4.78, 5) is 19.0. The molecule has 6 rings (SSSR count). The Morgan fingerprint density at radius 3 is 2.42 bits per heavy atom. The molecule has 2 aliphatic carbocycles. The number of ether oxygens (including phenoxy) is 1. The number of nitrogens with zero attached hydrogens (tertiary/aromatic N) is 4. The zero-order valence-electron chi connectivity index (χ0n) is 24.9. The number of carbonyl (C=O) groups excluding carboxylic acids is 1. The highest BCUT2D eigenvalue weighted by Crippen LogP contribution is 2.45. The quantitative estimate of drug-likeness (QED) is 0.340. The Morgan fingerprint density at radius 1 is 1.05 bits per heavy atom. The number of hydrogen-bond acceptors (Lipinski definition) is 6. The largest absolute Gasteiger partial charge is 0.494 e. The lowest BCUT2D eigenvalue weighted by Crippen LogP contribution is -2.47. The van der Waals surface area contributed by atoms with Gasteiger partial charge in [-0.25, -0.2) is 4.98 Å². The molecule has 232 valence electrons. The number of nitrogens with one attached hydrogen (secondary N) is 2. The Labute approximate surface area is 250 Å². The first-order valence-electron chi connectivity index (χ1n) is 15.5. The molecule has 1 aliphatic heterocycles. The van der Waals surface area contributed by atoms with Gasteiger partial charge >= 0.3 is 6.18 Å². The van der Waals surface area contributed by atoms with Crippen molar-refractivity contribution in [3.8, 4) is 5.75 Å². The average molecular weight is 599 g/mol. The fourth-order valence-electron chi connectivity index (χ4n) is 7.54. The number of fused-ring (bicyclic) bond motifs is 1. The van der Waals surface area contributed by atoms with Crippen molar-refractivity contribution < 1.29 is 22.7 Å². The van der Waals surface area contributed by atoms with Crippen molar-refractivity contribution in [1.29, 1.82) is 0 Å². The summed E-state index contributed by atoms with van der Waals surface area (Å²) in [6, 6.07) is 8.33. The van der Waals surface area contributed by atoms with Crippen LogP contribution in [-0.2, 0) is 6.18 Å². The molecule has 0 atom stereocenters. The number of anilines is 1. The molecule has 3 fully saturated rings. The van der Waals surface area contributed by atoms with Crippen LogP contribution in [0.4, 0.5) is 18.9 Å². The fourth-order valence-corrected chi connectivity index (χ4v) is 7.54. The van der Waals surface area contributed by atoms with Crippen LogP contribution in [-0.4, -0.2) is 64.9 Å². The van der Waals surface area contributed by atoms with Crippen LogP contribution in [0.15, 0.2) is 36.5 Å². The number of halogens is 3. The molecule has 2 N–H and O–H groups in total. The third kappa shape index (κ3) is 6.38. The van der Waals surface area contributed by atoms with E-state index in [2.05, 4.69) is 27.6 Å². The van der Waals surface area contributed by atoms with E-state index in [0.29, 0.717) is 35.0 Å². The normalized spacial score (nSPS) is 23.1. The third-order valence-electron chi connectivity index (χ3n) is 10.2. The van der Waals surface area contributed by atoms with E-state index >= 15 is 0 Å². The van der Waals surface area contributed by atoms with E-state index in [4.69, 9.17) is 9.84 Å². The van der Waals surface area contributed by atoms with Crippen molar-refractivity contribution in [1.82, 2.24) is 25.0 Å². The minimum Gasteiger partial charge on any atom is -0.494 e. The standard InChI is InChI=1S/C32H41F3N6O2/c1-40(23-10-12-31(13-11-23)14-16-36-17-15-31)22-6-8-24(9-7-22)41-20-21-18-27(28(43-2)19-26(21)39-41)38-30(42)25-4-3-5-29(37-25)32(33,34)35/h3-5,18-20,22-24,36H,6-17H2,1-2H3,(H,38,42)/t22-,24-. The smallest absolute Gasteiger partial charge is 0.433 e. The second-order valence-electron chi connectivity index (χ2n) is 12.7. The van der Waals surface area contributed by atoms with Crippen molar-refractivity contribution in [3.63, 3.8) is 0 Å². The summed E-state index contributed by atoms with van der Waals surface area (Å²) < 4.78 is 46.8. The Kier molecular flexibility index (Phi) is 8.39. The molecule has 2 saturated carbocycles. The monoisotopic (exact) mass is 598 g/mol. The van der Waals surface area contributed by atoms with Gasteiger partial charge in [-0.3, -0.25) is 9.48 Å². The molecule has 1 amide bonds. The van der Waals surface area contributed by atoms with E-state index in [1.165, 1.54) is 70.9 Å². The Balaban J connectivity index is 1.09. The molecule has 11 heteroatoms. The topological polar surface area (TPSA) is 84.3 Å². The number of hydrogen-bond donors (Lipinski definition) is 2. The summed E-state index contributed by atoms with van der Waals surface area (Å²) in [6.45, 7) is 2.35. The van der Waals surface area contributed by atoms with Gasteiger partial charge in [-0.1, -0.05) is 6.07 Å². The summed E-state index contributed by atoms with van der Waals surface area (Å²) >= 11 is 0. The van der Waals surface area contributed by atoms with Gasteiger partial charge in [0.05, 0.1) is 24.4 Å². The Bertz CT molecular complexity index is 1430. The number of piperidine rings is 1. The SMILES string of the molecule is COc1cc2nn([C@H]3CC[C@H](N(C)C4CCC5(CCNCC5)CC4)CC3)cc2cc1NC(=O)c1cccc(C(F)(F)F)n1. The fraction of sp³-hybridized carbons (Fsp3) is 0.594. The molecular formula is C32H41F3N6O2. The summed E-state index contributed by atoms with van der Waals surface area (Å²) in [5, 5.41) is 11.8. The van der Waals surface area contributed by atoms with Gasteiger partial charge in [-0.2, -0.15) is 18.3 Å². The van der Waals surface area contributed by atoms with Crippen LogP contribution >= 0.6 is 0 Å². The van der Waals surface area contributed by atoms with Crippen LogP contribution in [0.2, 0.25) is 0 Å². The molecular weight excluding hydrogens is 557 g/mol. The van der Waals surface area contributed by atoms with Crippen molar-refractivity contribution in [2.24, 2.45) is 5.41 Å². The maximum absolute atomic E-state index is 13.1. The van der Waals surface area contributed by atoms with Crippen molar-refractivity contribution in [2.45, 2.75) is 88.5 Å². The van der Waals surface area contributed by atoms with Gasteiger partial charge in [0, 0.05) is 29.7 Å². The van der Waals surface area contributed by atoms with E-state index in [0.717, 1.165) is 42.7 Å². The lowest BCUT2D eigenvalue weighted by Gasteiger charge is -2.47. The van der Waals surface area contributed by atoms with Crippen LogP contribution in [0.25, 0.3) is 10.9 Å². The maximum atomic E-state index is 13.1. The molecule has 1 aromatic carbocycles. The maximum Gasteiger partial charge on any atom is 0.433 e. The van der Waals surface area contributed by atoms with Crippen molar-refractivity contribution in [2.75, 3.05) is 32.6 Å². The molecule has 3 heterocycles. The Morgan fingerprint density at radius 2 is 1.74 bits per heavy atom. The van der Waals surface area contributed by atoms with Crippen LogP contribution < -0.4 is 15.4 Å². The first-order valence-corrected chi connectivity index (χ1v) is 15.5. The number of benzene rings is 1. The first kappa shape index (κ1) is 29.9. The molecule has 3 aromatic rings. The number of amides is 1. The number of carbonyl (C=O) groups is 1. The zero-order valence-corrected chi connectivity index (χ0v) is 24.9. The predicted octanol–water partition coefficient (Wildman–Crippen LogP) is 6.44. The molecule has 1 saturated heterocycles. The van der Waals surface area contributed by atoms with E-state index in [1.807, 2.05) is 10.9 Å². The molecule has 0 unspecified atom stereocenters. The number of pyridine rings is 1. The molecule has 2 aromatic heterocycles. The minimum absolute atomic E-state index is 0.291. The number of rotatable bonds is 6. The zero-order chi connectivity index (χ0) is 30.2. The second kappa shape index (κ2) is 12.1. The molecule has 43 heavy (non-hydrogen) atoms. The summed E-state index contributed by atoms with van der Waals surface area (Å²) in [6.07, 6.45) is 9.73. The molecule has 0 radical (unpaired) electrons. The average Bonchev–Trinajstić information content (AvgIpc) is 3.44. The number of methoxy groups -OCH3 is 1. The van der Waals surface area contributed by atoms with Gasteiger partial charge in [0.2, 0.25) is 0 Å². The summed E-state index contributed by atoms with van der Waals surface area (Å²) in [5.74, 6) is -0.371. The highest BCUT2D eigenvalue weighted by atomic mass is 19.4. The summed E-state index contributed by atoms with van der Waals surface area (Å²) in [7, 11) is 3.81. The van der Waals surface area contributed by atoms with E-state index in [9.17, 15) is 18.0 Å². The number of alkyl halides is 3. The second-order valence-corrected chi connectivity index (χ2v) is 12.7. The van der Waals surface area contributed by atoms with E-state index in [1.54, 1.807) is 12.1 Å². The van der Waals surface area contributed by atoms with Gasteiger partial charge in [0.1, 0.15) is 17.1 Å². The first-order chi connectivity index (χ1) is 20.6. The Hall–Kier alpha value is -3.18. The lowest BCUT2D eigenvalue weighted by atomic mass is 9.67.